The molecular weight excluding hydrogens is 460 g/mol. The number of aliphatic hydroxyl groups is 1. The Labute approximate surface area is 207 Å². The minimum atomic E-state index is -2.15. The van der Waals surface area contributed by atoms with Crippen molar-refractivity contribution in [2.45, 2.75) is 84.3 Å². The third-order valence-electron chi connectivity index (χ3n) is 8.29. The highest BCUT2D eigenvalue weighted by Gasteiger charge is 2.46. The van der Waals surface area contributed by atoms with Crippen LogP contribution in [0.15, 0.2) is 34.6 Å². The average Bonchev–Trinajstić information content (AvgIpc) is 3.20. The van der Waals surface area contributed by atoms with Crippen molar-refractivity contribution in [3.8, 4) is 0 Å². The smallest absolute Gasteiger partial charge is 0.343 e. The Morgan fingerprint density at radius 2 is 1.91 bits per heavy atom. The summed E-state index contributed by atoms with van der Waals surface area (Å²) >= 11 is 0. The van der Waals surface area contributed by atoms with Crippen LogP contribution in [-0.2, 0) is 34.7 Å². The molecule has 2 aliphatic rings. The van der Waals surface area contributed by atoms with E-state index in [4.69, 9.17) is 4.74 Å². The largest absolute Gasteiger partial charge is 0.458 e. The van der Waals surface area contributed by atoms with Gasteiger partial charge in [0.05, 0.1) is 19.3 Å². The van der Waals surface area contributed by atoms with E-state index in [1.807, 2.05) is 25.1 Å². The van der Waals surface area contributed by atoms with Crippen LogP contribution >= 0.6 is 0 Å². The van der Waals surface area contributed by atoms with Gasteiger partial charge in [0.2, 0.25) is 0 Å². The number of ether oxygens (including phenoxy) is 1. The summed E-state index contributed by atoms with van der Waals surface area (Å²) in [5.74, 6) is -0.703. The van der Waals surface area contributed by atoms with Crippen molar-refractivity contribution in [2.75, 3.05) is 5.48 Å². The molecule has 1 aromatic carbocycles. The quantitative estimate of drug-likeness (QED) is 0.323. The Kier molecular flexibility index (Phi) is 6.14. The van der Waals surface area contributed by atoms with Crippen molar-refractivity contribution in [3.05, 3.63) is 68.1 Å². The van der Waals surface area contributed by atoms with Gasteiger partial charge in [0.1, 0.15) is 6.61 Å². The lowest BCUT2D eigenvalue weighted by atomic mass is 9.86. The topological polar surface area (TPSA) is 101 Å². The van der Waals surface area contributed by atoms with Crippen LogP contribution < -0.4 is 11.0 Å². The van der Waals surface area contributed by atoms with Crippen LogP contribution in [0.3, 0.4) is 0 Å². The summed E-state index contributed by atoms with van der Waals surface area (Å²) < 4.78 is 6.94. The lowest BCUT2D eigenvalue weighted by Gasteiger charge is -2.41. The number of aryl methyl sites for hydroxylation is 1. The lowest BCUT2D eigenvalue weighted by Crippen LogP contribution is -2.44. The lowest BCUT2D eigenvalue weighted by molar-refractivity contribution is -0.172. The Hall–Kier alpha value is -2.68. The number of hydrogen-bond donors (Lipinski definition) is 3. The van der Waals surface area contributed by atoms with Crippen LogP contribution in [0.4, 0.5) is 5.69 Å². The van der Waals surface area contributed by atoms with Crippen molar-refractivity contribution in [1.82, 2.24) is 4.57 Å². The van der Waals surface area contributed by atoms with Gasteiger partial charge in [0.25, 0.3) is 5.56 Å². The molecule has 8 heteroatoms. The van der Waals surface area contributed by atoms with Gasteiger partial charge in [-0.1, -0.05) is 52.9 Å². The number of nitrogens with zero attached hydrogens (tertiary/aromatic N) is 1. The van der Waals surface area contributed by atoms with E-state index in [-0.39, 0.29) is 23.6 Å². The van der Waals surface area contributed by atoms with E-state index in [0.29, 0.717) is 29.8 Å². The zero-order valence-electron chi connectivity index (χ0n) is 21.7. The second-order valence-corrected chi connectivity index (χ2v) is 16.7. The van der Waals surface area contributed by atoms with Crippen molar-refractivity contribution in [1.29, 1.82) is 0 Å². The zero-order chi connectivity index (χ0) is 25.9. The number of carbonyl (C=O) groups excluding carboxylic acids is 1. The molecule has 0 aliphatic carbocycles. The van der Waals surface area contributed by atoms with Crippen LogP contribution in [0.5, 0.6) is 0 Å². The molecule has 0 bridgehead atoms. The summed E-state index contributed by atoms with van der Waals surface area (Å²) in [6.45, 7) is 15.4. The van der Waals surface area contributed by atoms with E-state index < -0.39 is 19.6 Å². The Morgan fingerprint density at radius 3 is 2.51 bits per heavy atom. The van der Waals surface area contributed by atoms with Gasteiger partial charge < -0.3 is 14.4 Å². The molecule has 4 rings (SSSR count). The normalized spacial score (nSPS) is 21.3. The number of cyclic esters (lactones) is 1. The molecule has 7 nitrogen and oxygen atoms in total. The number of allylic oxidation sites excluding steroid dienone is 1. The number of rotatable bonds is 4. The van der Waals surface area contributed by atoms with Gasteiger partial charge in [-0.3, -0.25) is 15.5 Å². The van der Waals surface area contributed by atoms with Gasteiger partial charge in [-0.15, -0.1) is 0 Å². The summed E-state index contributed by atoms with van der Waals surface area (Å²) in [6, 6.07) is 7.84. The van der Waals surface area contributed by atoms with Gasteiger partial charge in [-0.25, -0.2) is 4.79 Å². The Morgan fingerprint density at radius 1 is 1.23 bits per heavy atom. The average molecular weight is 497 g/mol. The monoisotopic (exact) mass is 496 g/mol. The minimum Gasteiger partial charge on any atom is -0.458 e. The van der Waals surface area contributed by atoms with Crippen molar-refractivity contribution >= 4 is 24.9 Å². The van der Waals surface area contributed by atoms with E-state index in [9.17, 15) is 19.9 Å². The number of nitrogens with one attached hydrogen (secondary N) is 1. The molecular formula is C27H36N2O5Si. The predicted molar refractivity (Wildman–Crippen MR) is 139 cm³/mol. The molecule has 188 valence electrons. The van der Waals surface area contributed by atoms with Crippen molar-refractivity contribution in [3.63, 3.8) is 0 Å². The van der Waals surface area contributed by atoms with Crippen molar-refractivity contribution < 1.29 is 19.8 Å². The summed E-state index contributed by atoms with van der Waals surface area (Å²) in [6.07, 6.45) is 0.673. The van der Waals surface area contributed by atoms with Gasteiger partial charge in [0.15, 0.2) is 5.60 Å². The fourth-order valence-electron chi connectivity index (χ4n) is 5.22. The van der Waals surface area contributed by atoms with E-state index in [0.717, 1.165) is 22.4 Å². The maximum atomic E-state index is 13.5. The number of fused-ring (bicyclic) bond motifs is 2. The maximum absolute atomic E-state index is 13.5. The molecule has 0 amide bonds. The zero-order valence-corrected chi connectivity index (χ0v) is 22.7. The first-order valence-corrected chi connectivity index (χ1v) is 15.2. The maximum Gasteiger partial charge on any atom is 0.343 e. The van der Waals surface area contributed by atoms with Crippen molar-refractivity contribution in [2.24, 2.45) is 0 Å². The molecule has 2 aliphatic heterocycles. The predicted octanol–water partition coefficient (Wildman–Crippen LogP) is 4.67. The molecule has 3 N–H and O–H groups in total. The van der Waals surface area contributed by atoms with Crippen LogP contribution in [-0.4, -0.2) is 28.9 Å². The molecule has 3 heterocycles. The van der Waals surface area contributed by atoms with Crippen LogP contribution in [0.1, 0.15) is 62.1 Å². The summed E-state index contributed by atoms with van der Waals surface area (Å²) in [7, 11) is -2.15. The fourth-order valence-corrected chi connectivity index (χ4v) is 7.91. The number of pyridine rings is 1. The molecule has 0 saturated heterocycles. The van der Waals surface area contributed by atoms with Gasteiger partial charge in [0, 0.05) is 24.2 Å². The fraction of sp³-hybridized carbons (Fsp3) is 0.481. The molecule has 0 spiro atoms. The highest BCUT2D eigenvalue weighted by Crippen LogP contribution is 2.48. The minimum absolute atomic E-state index is 0.00857. The first kappa shape index (κ1) is 25.4. The highest BCUT2D eigenvalue weighted by atomic mass is 28.3. The number of anilines is 1. The van der Waals surface area contributed by atoms with Gasteiger partial charge >= 0.3 is 5.97 Å². The third kappa shape index (κ3) is 3.88. The van der Waals surface area contributed by atoms with Crippen LogP contribution in [0.25, 0.3) is 5.20 Å². The summed E-state index contributed by atoms with van der Waals surface area (Å²) in [4.78, 5) is 25.9. The second-order valence-electron chi connectivity index (χ2n) is 11.4. The van der Waals surface area contributed by atoms with E-state index in [2.05, 4.69) is 45.4 Å². The molecule has 0 saturated carbocycles. The summed E-state index contributed by atoms with van der Waals surface area (Å²) in [5, 5.41) is 22.3. The molecule has 35 heavy (non-hydrogen) atoms. The molecule has 0 radical (unpaired) electrons. The van der Waals surface area contributed by atoms with E-state index in [1.165, 1.54) is 5.20 Å². The molecule has 1 aromatic heterocycles. The van der Waals surface area contributed by atoms with E-state index >= 15 is 0 Å². The van der Waals surface area contributed by atoms with Gasteiger partial charge in [-0.05, 0) is 52.4 Å². The van der Waals surface area contributed by atoms with Gasteiger partial charge in [-0.2, -0.15) is 0 Å². The third-order valence-corrected chi connectivity index (χ3v) is 13.9. The highest BCUT2D eigenvalue weighted by molar-refractivity contribution is 6.97. The first-order chi connectivity index (χ1) is 16.3. The first-order valence-electron chi connectivity index (χ1n) is 12.2. The molecule has 1 atom stereocenters. The number of hydrogen-bond acceptors (Lipinski definition) is 6. The number of esters is 1. The number of benzene rings is 1. The summed E-state index contributed by atoms with van der Waals surface area (Å²) in [5.41, 5.74) is 5.65. The molecule has 0 fully saturated rings. The standard InChI is InChI=1S/C27H36N2O5Si/c1-8-27(32)21-13-18-12-17(14-29(18)24(30)20(21)15-34-25(27)31)23(35(6,7)26(3,4)5)19-10-9-16(2)11-22(19)28-33/h9-11,13,28,32-33H,8,12,14-15H2,1-7H3. The number of carbonyl (C=O) groups is 1. The van der Waals surface area contributed by atoms with Crippen LogP contribution in [0, 0.1) is 6.92 Å². The Bertz CT molecular complexity index is 1300. The number of aromatic nitrogens is 1. The van der Waals surface area contributed by atoms with Crippen LogP contribution in [0.2, 0.25) is 18.1 Å². The second kappa shape index (κ2) is 8.46. The molecule has 2 aromatic rings. The van der Waals surface area contributed by atoms with E-state index in [1.54, 1.807) is 11.5 Å². The Balaban J connectivity index is 1.97. The molecule has 1 unspecified atom stereocenters. The SMILES string of the molecule is CCC1(O)C(=O)OCc2c1cc1n(c2=O)CC(=C(c2ccc(C)cc2NO)[Si](C)(C)C(C)(C)C)C1.